The van der Waals surface area contributed by atoms with Crippen molar-refractivity contribution in [2.24, 2.45) is 0 Å². The van der Waals surface area contributed by atoms with Crippen molar-refractivity contribution in [2.45, 2.75) is 38.6 Å². The molecule has 3 rings (SSSR count). The molecule has 1 aliphatic rings. The monoisotopic (exact) mass is 315 g/mol. The Morgan fingerprint density at radius 3 is 2.87 bits per heavy atom. The lowest BCUT2D eigenvalue weighted by Gasteiger charge is -2.24. The third-order valence-corrected chi connectivity index (χ3v) is 3.96. The normalized spacial score (nSPS) is 15.0. The van der Waals surface area contributed by atoms with Crippen molar-refractivity contribution in [3.05, 3.63) is 39.3 Å². The second-order valence-electron chi connectivity index (χ2n) is 5.63. The van der Waals surface area contributed by atoms with E-state index in [2.05, 4.69) is 20.3 Å². The number of carboxylic acids is 1. The van der Waals surface area contributed by atoms with Gasteiger partial charge in [0, 0.05) is 11.3 Å². The molecule has 2 aromatic rings. The summed E-state index contributed by atoms with van der Waals surface area (Å²) in [5.74, 6) is -0.698. The highest BCUT2D eigenvalue weighted by Gasteiger charge is 2.20. The van der Waals surface area contributed by atoms with Crippen LogP contribution in [0, 0.1) is 6.92 Å². The molecule has 0 spiro atoms. The van der Waals surface area contributed by atoms with Gasteiger partial charge in [-0.25, -0.2) is 9.67 Å². The lowest BCUT2D eigenvalue weighted by molar-refractivity contribution is -0.136. The van der Waals surface area contributed by atoms with Gasteiger partial charge in [-0.1, -0.05) is 5.21 Å². The summed E-state index contributed by atoms with van der Waals surface area (Å²) in [4.78, 5) is 29.4. The molecule has 0 aliphatic heterocycles. The molecule has 120 valence electrons. The summed E-state index contributed by atoms with van der Waals surface area (Å²) < 4.78 is 1.86. The highest BCUT2D eigenvalue weighted by molar-refractivity contribution is 5.70. The van der Waals surface area contributed by atoms with Gasteiger partial charge >= 0.3 is 5.97 Å². The number of carboxylic acid groups (broad SMARTS) is 1. The van der Waals surface area contributed by atoms with E-state index in [1.807, 2.05) is 10.9 Å². The van der Waals surface area contributed by atoms with Gasteiger partial charge in [-0.15, -0.1) is 5.10 Å². The Labute approximate surface area is 131 Å². The van der Waals surface area contributed by atoms with E-state index in [1.54, 1.807) is 19.1 Å². The van der Waals surface area contributed by atoms with Crippen molar-refractivity contribution < 1.29 is 9.90 Å². The van der Waals surface area contributed by atoms with Crippen LogP contribution >= 0.6 is 0 Å². The first-order chi connectivity index (χ1) is 11.0. The molecule has 2 N–H and O–H groups in total. The summed E-state index contributed by atoms with van der Waals surface area (Å²) in [5.41, 5.74) is 0.837. The Hall–Kier alpha value is -2.77. The molecule has 1 aliphatic carbocycles. The van der Waals surface area contributed by atoms with Crippen LogP contribution in [0.25, 0.3) is 12.2 Å². The molecule has 2 heterocycles. The summed E-state index contributed by atoms with van der Waals surface area (Å²) in [5, 5.41) is 17.0. The zero-order valence-electron chi connectivity index (χ0n) is 12.7. The van der Waals surface area contributed by atoms with Gasteiger partial charge in [0.15, 0.2) is 0 Å². The minimum absolute atomic E-state index is 0.172. The van der Waals surface area contributed by atoms with E-state index in [1.165, 1.54) is 6.42 Å². The first-order valence-corrected chi connectivity index (χ1v) is 7.44. The summed E-state index contributed by atoms with van der Waals surface area (Å²) in [7, 11) is 0. The number of nitrogens with one attached hydrogen (secondary N) is 1. The van der Waals surface area contributed by atoms with Gasteiger partial charge in [0.1, 0.15) is 11.5 Å². The highest BCUT2D eigenvalue weighted by Crippen LogP contribution is 2.30. The van der Waals surface area contributed by atoms with Gasteiger partial charge in [0.2, 0.25) is 0 Å². The summed E-state index contributed by atoms with van der Waals surface area (Å²) in [6.45, 7) is 1.62. The fraction of sp³-hybridized carbons (Fsp3) is 0.400. The summed E-state index contributed by atoms with van der Waals surface area (Å²) >= 11 is 0. The molecule has 8 nitrogen and oxygen atoms in total. The van der Waals surface area contributed by atoms with Gasteiger partial charge < -0.3 is 10.1 Å². The number of hydrogen-bond acceptors (Lipinski definition) is 5. The van der Waals surface area contributed by atoms with Crippen molar-refractivity contribution in [3.8, 4) is 0 Å². The van der Waals surface area contributed by atoms with Crippen LogP contribution in [0.4, 0.5) is 0 Å². The van der Waals surface area contributed by atoms with Crippen molar-refractivity contribution in [2.75, 3.05) is 0 Å². The standard InChI is InChI=1S/C15H17N5O3/c1-9-12(7-14(21)22)15(23)17-13(16-9)6-5-10-8-20(19-18-10)11-3-2-4-11/h5-6,8,11H,2-4,7H2,1H3,(H,21,22)(H,16,17,23)/b6-5+. The molecule has 0 unspecified atom stereocenters. The SMILES string of the molecule is Cc1nc(/C=C/c2cn(C3CCC3)nn2)[nH]c(=O)c1CC(=O)O. The van der Waals surface area contributed by atoms with E-state index in [4.69, 9.17) is 5.11 Å². The maximum absolute atomic E-state index is 11.9. The largest absolute Gasteiger partial charge is 0.481 e. The first kappa shape index (κ1) is 15.1. The summed E-state index contributed by atoms with van der Waals surface area (Å²) in [6.07, 6.45) is 8.36. The van der Waals surface area contributed by atoms with Crippen LogP contribution in [0.3, 0.4) is 0 Å². The fourth-order valence-electron chi connectivity index (χ4n) is 2.43. The molecular weight excluding hydrogens is 298 g/mol. The lowest BCUT2D eigenvalue weighted by Crippen LogP contribution is -2.20. The van der Waals surface area contributed by atoms with Crippen LogP contribution in [-0.2, 0) is 11.2 Å². The molecule has 0 radical (unpaired) electrons. The van der Waals surface area contributed by atoms with Crippen LogP contribution in [0.5, 0.6) is 0 Å². The van der Waals surface area contributed by atoms with Gasteiger partial charge in [-0.3, -0.25) is 9.59 Å². The molecule has 0 atom stereocenters. The van der Waals surface area contributed by atoms with Crippen LogP contribution in [0.1, 0.15) is 48.1 Å². The topological polar surface area (TPSA) is 114 Å². The minimum Gasteiger partial charge on any atom is -0.481 e. The predicted octanol–water partition coefficient (Wildman–Crippen LogP) is 1.19. The van der Waals surface area contributed by atoms with E-state index in [9.17, 15) is 9.59 Å². The second kappa shape index (κ2) is 6.15. The van der Waals surface area contributed by atoms with Crippen LogP contribution in [-0.4, -0.2) is 36.0 Å². The quantitative estimate of drug-likeness (QED) is 0.856. The highest BCUT2D eigenvalue weighted by atomic mass is 16.4. The van der Waals surface area contributed by atoms with Crippen molar-refractivity contribution in [3.63, 3.8) is 0 Å². The van der Waals surface area contributed by atoms with Gasteiger partial charge in [-0.2, -0.15) is 0 Å². The van der Waals surface area contributed by atoms with Crippen molar-refractivity contribution >= 4 is 18.1 Å². The van der Waals surface area contributed by atoms with E-state index >= 15 is 0 Å². The van der Waals surface area contributed by atoms with Gasteiger partial charge in [-0.05, 0) is 38.3 Å². The third kappa shape index (κ3) is 3.36. The first-order valence-electron chi connectivity index (χ1n) is 7.44. The van der Waals surface area contributed by atoms with Crippen LogP contribution in [0.15, 0.2) is 11.0 Å². The third-order valence-electron chi connectivity index (χ3n) is 3.96. The Kier molecular flexibility index (Phi) is 4.05. The van der Waals surface area contributed by atoms with E-state index in [-0.39, 0.29) is 12.0 Å². The number of aromatic amines is 1. The summed E-state index contributed by atoms with van der Waals surface area (Å²) in [6, 6.07) is 0.445. The van der Waals surface area contributed by atoms with E-state index in [0.29, 0.717) is 23.3 Å². The Morgan fingerprint density at radius 2 is 2.26 bits per heavy atom. The number of nitrogens with zero attached hydrogens (tertiary/aromatic N) is 4. The van der Waals surface area contributed by atoms with Crippen LogP contribution in [0.2, 0.25) is 0 Å². The zero-order valence-corrected chi connectivity index (χ0v) is 12.7. The molecule has 23 heavy (non-hydrogen) atoms. The minimum atomic E-state index is -1.06. The maximum atomic E-state index is 11.9. The molecule has 0 bridgehead atoms. The van der Waals surface area contributed by atoms with Crippen molar-refractivity contribution in [1.82, 2.24) is 25.0 Å². The van der Waals surface area contributed by atoms with Crippen LogP contribution < -0.4 is 5.56 Å². The van der Waals surface area contributed by atoms with Gasteiger partial charge in [0.25, 0.3) is 5.56 Å². The maximum Gasteiger partial charge on any atom is 0.308 e. The Morgan fingerprint density at radius 1 is 1.48 bits per heavy atom. The number of aryl methyl sites for hydroxylation is 1. The molecule has 8 heteroatoms. The molecule has 1 saturated carbocycles. The number of rotatable bonds is 5. The van der Waals surface area contributed by atoms with Gasteiger partial charge in [0.05, 0.1) is 18.7 Å². The van der Waals surface area contributed by atoms with E-state index in [0.717, 1.165) is 12.8 Å². The molecule has 0 amide bonds. The molecular formula is C15H17N5O3. The average Bonchev–Trinajstić information content (AvgIpc) is 2.87. The fourth-order valence-corrected chi connectivity index (χ4v) is 2.43. The molecule has 0 aromatic carbocycles. The van der Waals surface area contributed by atoms with Crippen molar-refractivity contribution in [1.29, 1.82) is 0 Å². The Balaban J connectivity index is 1.78. The Bertz CT molecular complexity index is 817. The number of H-pyrrole nitrogens is 1. The number of carbonyl (C=O) groups is 1. The molecule has 0 saturated heterocycles. The smallest absolute Gasteiger partial charge is 0.308 e. The molecule has 2 aromatic heterocycles. The number of aromatic nitrogens is 5. The molecule has 1 fully saturated rings. The second-order valence-corrected chi connectivity index (χ2v) is 5.63. The number of aliphatic carboxylic acids is 1. The predicted molar refractivity (Wildman–Crippen MR) is 82.8 cm³/mol. The number of hydrogen-bond donors (Lipinski definition) is 2. The zero-order chi connectivity index (χ0) is 16.4. The van der Waals surface area contributed by atoms with E-state index < -0.39 is 11.5 Å². The lowest BCUT2D eigenvalue weighted by atomic mass is 9.93. The average molecular weight is 315 g/mol.